The fraction of sp³-hybridized carbons (Fsp3) is 0. The number of nitrogens with zero attached hydrogens (tertiary/aromatic N) is 3. The van der Waals surface area contributed by atoms with Crippen molar-refractivity contribution in [2.75, 3.05) is 5.32 Å². The van der Waals surface area contributed by atoms with E-state index in [1.807, 2.05) is 0 Å². The third-order valence-electron chi connectivity index (χ3n) is 2.22. The largest absolute Gasteiger partial charge is 0.332 e. The topological polar surface area (TPSA) is 81.0 Å². The fourth-order valence-electron chi connectivity index (χ4n) is 1.33. The van der Waals surface area contributed by atoms with Gasteiger partial charge in [-0.1, -0.05) is 0 Å². The zero-order valence-corrected chi connectivity index (χ0v) is 10.2. The highest BCUT2D eigenvalue weighted by Gasteiger charge is 2.20. The van der Waals surface area contributed by atoms with Crippen molar-refractivity contribution in [3.05, 3.63) is 51.2 Å². The van der Waals surface area contributed by atoms with Gasteiger partial charge in [-0.15, -0.1) is 0 Å². The lowest BCUT2D eigenvalue weighted by Crippen LogP contribution is -2.04. The van der Waals surface area contributed by atoms with Gasteiger partial charge in [-0.3, -0.25) is 10.1 Å². The van der Waals surface area contributed by atoms with E-state index in [4.69, 9.17) is 11.6 Å². The molecule has 0 radical (unpaired) electrons. The molecule has 0 saturated heterocycles. The van der Waals surface area contributed by atoms with Crippen molar-refractivity contribution >= 4 is 28.8 Å². The molecule has 0 spiro atoms. The molecule has 0 atom stereocenters. The number of hydrogen-bond acceptors (Lipinski definition) is 5. The molecule has 0 bridgehead atoms. The van der Waals surface area contributed by atoms with Crippen LogP contribution in [0.5, 0.6) is 0 Å². The van der Waals surface area contributed by atoms with Crippen molar-refractivity contribution in [3.8, 4) is 0 Å². The van der Waals surface area contributed by atoms with E-state index in [2.05, 4.69) is 15.3 Å². The Morgan fingerprint density at radius 2 is 1.95 bits per heavy atom. The molecule has 20 heavy (non-hydrogen) atoms. The molecule has 0 aliphatic carbocycles. The number of halogens is 4. The molecule has 10 heteroatoms. The number of hydrogen-bond donors (Lipinski definition) is 1. The van der Waals surface area contributed by atoms with E-state index in [1.165, 1.54) is 0 Å². The van der Waals surface area contributed by atoms with E-state index in [0.29, 0.717) is 6.07 Å². The molecular weight excluding hydrogens is 301 g/mol. The minimum absolute atomic E-state index is 0.332. The summed E-state index contributed by atoms with van der Waals surface area (Å²) in [6.45, 7) is 0. The zero-order valence-electron chi connectivity index (χ0n) is 9.40. The highest BCUT2D eigenvalue weighted by atomic mass is 35.5. The predicted molar refractivity (Wildman–Crippen MR) is 63.3 cm³/mol. The van der Waals surface area contributed by atoms with Crippen LogP contribution in [0, 0.1) is 27.6 Å². The van der Waals surface area contributed by atoms with Gasteiger partial charge in [0.2, 0.25) is 11.1 Å². The zero-order chi connectivity index (χ0) is 14.9. The van der Waals surface area contributed by atoms with Gasteiger partial charge in [0.1, 0.15) is 6.20 Å². The Kier molecular flexibility index (Phi) is 3.70. The lowest BCUT2D eigenvalue weighted by molar-refractivity contribution is -0.384. The lowest BCUT2D eigenvalue weighted by atomic mass is 10.2. The summed E-state index contributed by atoms with van der Waals surface area (Å²) < 4.78 is 39.3. The van der Waals surface area contributed by atoms with E-state index in [9.17, 15) is 23.3 Å². The van der Waals surface area contributed by atoms with Crippen LogP contribution in [-0.2, 0) is 0 Å². The second kappa shape index (κ2) is 5.29. The number of nitro groups is 1. The molecule has 0 amide bonds. The van der Waals surface area contributed by atoms with Gasteiger partial charge >= 0.3 is 5.69 Å². The van der Waals surface area contributed by atoms with Crippen LogP contribution in [0.15, 0.2) is 18.3 Å². The Hall–Kier alpha value is -2.42. The molecule has 0 aliphatic rings. The SMILES string of the molecule is O=[N+]([O-])c1cnc(Cl)nc1Nc1ccc(F)c(F)c1F. The van der Waals surface area contributed by atoms with E-state index in [0.717, 1.165) is 12.3 Å². The summed E-state index contributed by atoms with van der Waals surface area (Å²) in [7, 11) is 0. The average molecular weight is 305 g/mol. The molecule has 0 unspecified atom stereocenters. The van der Waals surface area contributed by atoms with Crippen LogP contribution >= 0.6 is 11.6 Å². The van der Waals surface area contributed by atoms with E-state index >= 15 is 0 Å². The molecule has 2 aromatic rings. The number of anilines is 2. The summed E-state index contributed by atoms with van der Waals surface area (Å²) in [5, 5.41) is 12.6. The summed E-state index contributed by atoms with van der Waals surface area (Å²) in [5.41, 5.74) is -1.12. The molecule has 104 valence electrons. The van der Waals surface area contributed by atoms with Gasteiger partial charge in [-0.25, -0.2) is 18.2 Å². The number of rotatable bonds is 3. The fourth-order valence-corrected chi connectivity index (χ4v) is 1.46. The normalized spacial score (nSPS) is 10.4. The van der Waals surface area contributed by atoms with Crippen LogP contribution in [-0.4, -0.2) is 14.9 Å². The van der Waals surface area contributed by atoms with Gasteiger partial charge in [0.25, 0.3) is 0 Å². The maximum absolute atomic E-state index is 13.5. The van der Waals surface area contributed by atoms with Crippen molar-refractivity contribution in [2.45, 2.75) is 0 Å². The summed E-state index contributed by atoms with van der Waals surface area (Å²) in [4.78, 5) is 16.8. The Morgan fingerprint density at radius 3 is 2.60 bits per heavy atom. The van der Waals surface area contributed by atoms with Crippen LogP contribution in [0.2, 0.25) is 5.28 Å². The lowest BCUT2D eigenvalue weighted by Gasteiger charge is -2.07. The standard InChI is InChI=1S/C10H4ClF3N4O2/c11-10-15-3-6(18(19)20)9(17-10)16-5-2-1-4(12)7(13)8(5)14/h1-3H,(H,15,16,17). The number of nitrogens with one attached hydrogen (secondary N) is 1. The number of aromatic nitrogens is 2. The van der Waals surface area contributed by atoms with Gasteiger partial charge in [-0.2, -0.15) is 4.98 Å². The highest BCUT2D eigenvalue weighted by molar-refractivity contribution is 6.28. The molecule has 1 aromatic heterocycles. The molecule has 0 aliphatic heterocycles. The Morgan fingerprint density at radius 1 is 1.25 bits per heavy atom. The van der Waals surface area contributed by atoms with Gasteiger partial charge in [0.05, 0.1) is 10.6 Å². The molecule has 1 N–H and O–H groups in total. The van der Waals surface area contributed by atoms with E-state index in [-0.39, 0.29) is 5.28 Å². The molecule has 1 aromatic carbocycles. The van der Waals surface area contributed by atoms with Gasteiger partial charge in [0, 0.05) is 0 Å². The maximum atomic E-state index is 13.5. The van der Waals surface area contributed by atoms with Gasteiger partial charge in [-0.05, 0) is 23.7 Å². The third kappa shape index (κ3) is 2.62. The van der Waals surface area contributed by atoms with Crippen LogP contribution in [0.3, 0.4) is 0 Å². The second-order valence-electron chi connectivity index (χ2n) is 3.48. The van der Waals surface area contributed by atoms with E-state index in [1.54, 1.807) is 0 Å². The Labute approximate surface area is 114 Å². The second-order valence-corrected chi connectivity index (χ2v) is 3.82. The quantitative estimate of drug-likeness (QED) is 0.407. The summed E-state index contributed by atoms with van der Waals surface area (Å²) >= 11 is 5.47. The van der Waals surface area contributed by atoms with Gasteiger partial charge in [0.15, 0.2) is 17.5 Å². The van der Waals surface area contributed by atoms with Crippen LogP contribution in [0.1, 0.15) is 0 Å². The van der Waals surface area contributed by atoms with Crippen LogP contribution in [0.4, 0.5) is 30.4 Å². The first-order valence-corrected chi connectivity index (χ1v) is 5.35. The van der Waals surface area contributed by atoms with Crippen molar-refractivity contribution in [2.24, 2.45) is 0 Å². The summed E-state index contributed by atoms with van der Waals surface area (Å²) in [6, 6.07) is 1.53. The first-order valence-electron chi connectivity index (χ1n) is 4.97. The van der Waals surface area contributed by atoms with Gasteiger partial charge < -0.3 is 5.32 Å². The Bertz CT molecular complexity index is 698. The van der Waals surface area contributed by atoms with Crippen molar-refractivity contribution in [3.63, 3.8) is 0 Å². The van der Waals surface area contributed by atoms with Crippen molar-refractivity contribution in [1.29, 1.82) is 0 Å². The molecule has 2 rings (SSSR count). The van der Waals surface area contributed by atoms with Crippen LogP contribution < -0.4 is 5.32 Å². The average Bonchev–Trinajstić information content (AvgIpc) is 2.39. The molecule has 6 nitrogen and oxygen atoms in total. The number of benzene rings is 1. The maximum Gasteiger partial charge on any atom is 0.329 e. The van der Waals surface area contributed by atoms with E-state index < -0.39 is 39.6 Å². The first-order chi connectivity index (χ1) is 9.40. The molecule has 0 fully saturated rings. The molecule has 1 heterocycles. The minimum atomic E-state index is -1.71. The summed E-state index contributed by atoms with van der Waals surface area (Å²) in [5.74, 6) is -5.07. The monoisotopic (exact) mass is 304 g/mol. The van der Waals surface area contributed by atoms with Crippen molar-refractivity contribution < 1.29 is 18.1 Å². The summed E-state index contributed by atoms with van der Waals surface area (Å²) in [6.07, 6.45) is 0.801. The molecule has 0 saturated carbocycles. The molecular formula is C10H4ClF3N4O2. The smallest absolute Gasteiger partial charge is 0.329 e. The van der Waals surface area contributed by atoms with Crippen molar-refractivity contribution in [1.82, 2.24) is 9.97 Å². The van der Waals surface area contributed by atoms with Crippen LogP contribution in [0.25, 0.3) is 0 Å². The predicted octanol–water partition coefficient (Wildman–Crippen LogP) is 3.20. The minimum Gasteiger partial charge on any atom is -0.332 e. The highest BCUT2D eigenvalue weighted by Crippen LogP contribution is 2.28. The third-order valence-corrected chi connectivity index (χ3v) is 2.41. The Balaban J connectivity index is 2.47. The first kappa shape index (κ1) is 14.0.